The van der Waals surface area contributed by atoms with Crippen molar-refractivity contribution >= 4 is 0 Å². The van der Waals surface area contributed by atoms with E-state index in [1.165, 1.54) is 0 Å². The molecule has 0 bridgehead atoms. The molecule has 0 spiro atoms. The van der Waals surface area contributed by atoms with Gasteiger partial charge in [0.25, 0.3) is 0 Å². The van der Waals surface area contributed by atoms with Crippen LogP contribution in [-0.4, -0.2) is 16.3 Å². The van der Waals surface area contributed by atoms with Crippen molar-refractivity contribution in [1.29, 1.82) is 5.26 Å². The highest BCUT2D eigenvalue weighted by molar-refractivity contribution is 5.44. The molecule has 0 amide bonds. The molecule has 0 atom stereocenters. The van der Waals surface area contributed by atoms with Crippen LogP contribution in [0, 0.1) is 11.3 Å². The molecule has 0 fully saturated rings. The highest BCUT2D eigenvalue weighted by Crippen LogP contribution is 2.20. The summed E-state index contributed by atoms with van der Waals surface area (Å²) in [5.41, 5.74) is 3.68. The van der Waals surface area contributed by atoms with Crippen LogP contribution in [0.5, 0.6) is 0 Å². The maximum absolute atomic E-state index is 9.29. The molecule has 1 aromatic heterocycles. The van der Waals surface area contributed by atoms with Gasteiger partial charge in [-0.3, -0.25) is 0 Å². The third-order valence-electron chi connectivity index (χ3n) is 3.01. The predicted octanol–water partition coefficient (Wildman–Crippen LogP) is 1.39. The van der Waals surface area contributed by atoms with Crippen LogP contribution >= 0.6 is 0 Å². The van der Waals surface area contributed by atoms with Gasteiger partial charge in [0, 0.05) is 25.1 Å². The van der Waals surface area contributed by atoms with Gasteiger partial charge in [-0.15, -0.1) is 0 Å². The summed E-state index contributed by atoms with van der Waals surface area (Å²) in [5, 5.41) is 17.1. The normalized spacial score (nSPS) is 14.1. The number of rotatable bonds is 1. The quantitative estimate of drug-likeness (QED) is 0.796. The van der Waals surface area contributed by atoms with Gasteiger partial charge in [-0.05, 0) is 12.1 Å². The first-order valence-corrected chi connectivity index (χ1v) is 5.67. The number of nitrogens with zero attached hydrogens (tertiary/aromatic N) is 3. The van der Waals surface area contributed by atoms with Gasteiger partial charge in [-0.25, -0.2) is 4.68 Å². The molecule has 4 nitrogen and oxygen atoms in total. The second-order valence-corrected chi connectivity index (χ2v) is 4.06. The molecule has 1 N–H and O–H groups in total. The van der Waals surface area contributed by atoms with Crippen molar-refractivity contribution in [2.24, 2.45) is 0 Å². The highest BCUT2D eigenvalue weighted by Gasteiger charge is 2.20. The standard InChI is InChI=1S/C13H12N4/c14-8-13-11-9-15-7-6-12(11)16-17(13)10-4-2-1-3-5-10/h1-5,15H,6-7,9H2. The summed E-state index contributed by atoms with van der Waals surface area (Å²) in [6.07, 6.45) is 0.893. The summed E-state index contributed by atoms with van der Waals surface area (Å²) in [7, 11) is 0. The Hall–Kier alpha value is -2.12. The molecular formula is C13H12N4. The predicted molar refractivity (Wildman–Crippen MR) is 63.7 cm³/mol. The van der Waals surface area contributed by atoms with Crippen LogP contribution in [0.25, 0.3) is 5.69 Å². The molecule has 0 radical (unpaired) electrons. The van der Waals surface area contributed by atoms with E-state index < -0.39 is 0 Å². The number of para-hydroxylation sites is 1. The Morgan fingerprint density at radius 1 is 1.29 bits per heavy atom. The van der Waals surface area contributed by atoms with Crippen molar-refractivity contribution in [1.82, 2.24) is 15.1 Å². The molecule has 0 saturated carbocycles. The molecule has 1 aliphatic rings. The Morgan fingerprint density at radius 2 is 2.12 bits per heavy atom. The molecule has 1 aromatic carbocycles. The topological polar surface area (TPSA) is 53.6 Å². The van der Waals surface area contributed by atoms with Crippen LogP contribution in [0.1, 0.15) is 17.0 Å². The summed E-state index contributed by atoms with van der Waals surface area (Å²) in [6, 6.07) is 12.1. The molecule has 84 valence electrons. The molecule has 2 heterocycles. The van der Waals surface area contributed by atoms with Crippen LogP contribution in [0.2, 0.25) is 0 Å². The maximum Gasteiger partial charge on any atom is 0.149 e. The van der Waals surface area contributed by atoms with Gasteiger partial charge >= 0.3 is 0 Å². The monoisotopic (exact) mass is 224 g/mol. The lowest BCUT2D eigenvalue weighted by Crippen LogP contribution is -2.23. The van der Waals surface area contributed by atoms with E-state index in [1.807, 2.05) is 30.3 Å². The third kappa shape index (κ3) is 1.61. The Labute approximate surface area is 99.5 Å². The van der Waals surface area contributed by atoms with E-state index in [2.05, 4.69) is 16.5 Å². The zero-order chi connectivity index (χ0) is 11.7. The fourth-order valence-electron chi connectivity index (χ4n) is 2.17. The number of nitrogens with one attached hydrogen (secondary N) is 1. The zero-order valence-electron chi connectivity index (χ0n) is 9.35. The molecule has 17 heavy (non-hydrogen) atoms. The number of hydrogen-bond donors (Lipinski definition) is 1. The second kappa shape index (κ2) is 4.04. The molecular weight excluding hydrogens is 212 g/mol. The van der Waals surface area contributed by atoms with E-state index in [4.69, 9.17) is 0 Å². The Bertz CT molecular complexity index is 577. The fraction of sp³-hybridized carbons (Fsp3) is 0.231. The van der Waals surface area contributed by atoms with E-state index in [0.717, 1.165) is 36.5 Å². The average Bonchev–Trinajstić information content (AvgIpc) is 2.78. The molecule has 3 rings (SSSR count). The Morgan fingerprint density at radius 3 is 2.88 bits per heavy atom. The number of fused-ring (bicyclic) bond motifs is 1. The van der Waals surface area contributed by atoms with Gasteiger partial charge < -0.3 is 5.32 Å². The summed E-state index contributed by atoms with van der Waals surface area (Å²) in [6.45, 7) is 1.68. The average molecular weight is 224 g/mol. The Balaban J connectivity index is 2.18. The van der Waals surface area contributed by atoms with Gasteiger partial charge in [0.1, 0.15) is 11.8 Å². The van der Waals surface area contributed by atoms with Crippen LogP contribution < -0.4 is 5.32 Å². The third-order valence-corrected chi connectivity index (χ3v) is 3.01. The van der Waals surface area contributed by atoms with Gasteiger partial charge in [-0.1, -0.05) is 18.2 Å². The number of nitriles is 1. The van der Waals surface area contributed by atoms with Crippen LogP contribution in [0.3, 0.4) is 0 Å². The van der Waals surface area contributed by atoms with E-state index in [0.29, 0.717) is 5.69 Å². The lowest BCUT2D eigenvalue weighted by atomic mass is 10.1. The smallest absolute Gasteiger partial charge is 0.149 e. The van der Waals surface area contributed by atoms with Crippen molar-refractivity contribution < 1.29 is 0 Å². The van der Waals surface area contributed by atoms with Crippen molar-refractivity contribution in [3.8, 4) is 11.8 Å². The first-order valence-electron chi connectivity index (χ1n) is 5.67. The summed E-state index contributed by atoms with van der Waals surface area (Å²) < 4.78 is 1.75. The van der Waals surface area contributed by atoms with Gasteiger partial charge in [-0.2, -0.15) is 10.4 Å². The summed E-state index contributed by atoms with van der Waals surface area (Å²) in [4.78, 5) is 0. The van der Waals surface area contributed by atoms with Crippen LogP contribution in [0.4, 0.5) is 0 Å². The lowest BCUT2D eigenvalue weighted by molar-refractivity contribution is 0.635. The van der Waals surface area contributed by atoms with Gasteiger partial charge in [0.2, 0.25) is 0 Å². The van der Waals surface area contributed by atoms with Crippen molar-refractivity contribution in [2.75, 3.05) is 6.54 Å². The van der Waals surface area contributed by atoms with E-state index in [1.54, 1.807) is 4.68 Å². The van der Waals surface area contributed by atoms with E-state index >= 15 is 0 Å². The Kier molecular flexibility index (Phi) is 2.39. The highest BCUT2D eigenvalue weighted by atomic mass is 15.3. The molecule has 2 aromatic rings. The minimum atomic E-state index is 0.651. The summed E-state index contributed by atoms with van der Waals surface area (Å²) in [5.74, 6) is 0. The van der Waals surface area contributed by atoms with Crippen molar-refractivity contribution in [3.63, 3.8) is 0 Å². The molecule has 0 aliphatic carbocycles. The zero-order valence-corrected chi connectivity index (χ0v) is 9.35. The minimum absolute atomic E-state index is 0.651. The minimum Gasteiger partial charge on any atom is -0.312 e. The molecule has 0 unspecified atom stereocenters. The van der Waals surface area contributed by atoms with Gasteiger partial charge in [0.05, 0.1) is 11.4 Å². The van der Waals surface area contributed by atoms with Crippen LogP contribution in [-0.2, 0) is 13.0 Å². The van der Waals surface area contributed by atoms with Crippen molar-refractivity contribution in [3.05, 3.63) is 47.3 Å². The molecule has 0 saturated heterocycles. The van der Waals surface area contributed by atoms with E-state index in [-0.39, 0.29) is 0 Å². The summed E-state index contributed by atoms with van der Waals surface area (Å²) >= 11 is 0. The first kappa shape index (κ1) is 10.1. The maximum atomic E-state index is 9.29. The van der Waals surface area contributed by atoms with E-state index in [9.17, 15) is 5.26 Å². The lowest BCUT2D eigenvalue weighted by Gasteiger charge is -2.10. The molecule has 4 heteroatoms. The molecule has 1 aliphatic heterocycles. The fourth-order valence-corrected chi connectivity index (χ4v) is 2.17. The number of benzene rings is 1. The largest absolute Gasteiger partial charge is 0.312 e. The second-order valence-electron chi connectivity index (χ2n) is 4.06. The SMILES string of the molecule is N#Cc1c2c(nn1-c1ccccc1)CCNC2. The van der Waals surface area contributed by atoms with Crippen LogP contribution in [0.15, 0.2) is 30.3 Å². The number of aromatic nitrogens is 2. The van der Waals surface area contributed by atoms with Crippen molar-refractivity contribution in [2.45, 2.75) is 13.0 Å². The first-order chi connectivity index (χ1) is 8.40. The number of hydrogen-bond acceptors (Lipinski definition) is 3. The van der Waals surface area contributed by atoms with Gasteiger partial charge in [0.15, 0.2) is 0 Å².